The number of amides is 2. The maximum absolute atomic E-state index is 12.4. The molecule has 1 fully saturated rings. The summed E-state index contributed by atoms with van der Waals surface area (Å²) in [6.07, 6.45) is 1.31. The van der Waals surface area contributed by atoms with Gasteiger partial charge in [0.25, 0.3) is 5.91 Å². The number of piperazine rings is 1. The average Bonchev–Trinajstić information content (AvgIpc) is 2.54. The van der Waals surface area contributed by atoms with Crippen molar-refractivity contribution < 1.29 is 14.3 Å². The molecule has 5 nitrogen and oxygen atoms in total. The van der Waals surface area contributed by atoms with E-state index in [0.717, 1.165) is 5.75 Å². The number of benzene rings is 1. The quantitative estimate of drug-likeness (QED) is 0.790. The molecule has 0 bridgehead atoms. The molecule has 0 aromatic heterocycles. The van der Waals surface area contributed by atoms with E-state index in [1.807, 2.05) is 6.92 Å². The van der Waals surface area contributed by atoms with E-state index in [1.54, 1.807) is 34.1 Å². The zero-order chi connectivity index (χ0) is 15.2. The number of carbonyl (C=O) groups is 2. The van der Waals surface area contributed by atoms with Gasteiger partial charge in [-0.3, -0.25) is 9.59 Å². The second-order valence-electron chi connectivity index (χ2n) is 4.78. The molecule has 1 aromatic carbocycles. The van der Waals surface area contributed by atoms with E-state index in [0.29, 0.717) is 38.3 Å². The Balaban J connectivity index is 1.95. The minimum absolute atomic E-state index is 0.0104. The standard InChI is InChI=1S/C16H20N2O3/c1-3-15(19)17-9-11-18(12-10-17)16(20)13-5-7-14(8-6-13)21-4-2/h3,5-8H,1,4,9-12H2,2H3. The predicted molar refractivity (Wildman–Crippen MR) is 80.3 cm³/mol. The highest BCUT2D eigenvalue weighted by Gasteiger charge is 2.23. The Morgan fingerprint density at radius 1 is 1.14 bits per heavy atom. The highest BCUT2D eigenvalue weighted by atomic mass is 16.5. The van der Waals surface area contributed by atoms with Gasteiger partial charge < -0.3 is 14.5 Å². The third-order valence-corrected chi connectivity index (χ3v) is 3.47. The van der Waals surface area contributed by atoms with Crippen LogP contribution in [-0.4, -0.2) is 54.4 Å². The van der Waals surface area contributed by atoms with Gasteiger partial charge in [-0.1, -0.05) is 6.58 Å². The zero-order valence-corrected chi connectivity index (χ0v) is 12.2. The Morgan fingerprint density at radius 2 is 1.71 bits per heavy atom. The van der Waals surface area contributed by atoms with Crippen molar-refractivity contribution in [1.29, 1.82) is 0 Å². The van der Waals surface area contributed by atoms with Crippen LogP contribution in [0.1, 0.15) is 17.3 Å². The Bertz CT molecular complexity index is 517. The maximum atomic E-state index is 12.4. The molecule has 0 radical (unpaired) electrons. The lowest BCUT2D eigenvalue weighted by atomic mass is 10.1. The summed E-state index contributed by atoms with van der Waals surface area (Å²) in [5.41, 5.74) is 0.641. The van der Waals surface area contributed by atoms with Crippen LogP contribution < -0.4 is 4.74 Å². The van der Waals surface area contributed by atoms with E-state index in [-0.39, 0.29) is 11.8 Å². The summed E-state index contributed by atoms with van der Waals surface area (Å²) in [6, 6.07) is 7.14. The highest BCUT2D eigenvalue weighted by Crippen LogP contribution is 2.15. The van der Waals surface area contributed by atoms with E-state index in [9.17, 15) is 9.59 Å². The molecule has 0 atom stereocenters. The number of hydrogen-bond acceptors (Lipinski definition) is 3. The summed E-state index contributed by atoms with van der Waals surface area (Å²) in [4.78, 5) is 27.3. The normalized spacial score (nSPS) is 14.7. The first-order valence-electron chi connectivity index (χ1n) is 7.09. The summed E-state index contributed by atoms with van der Waals surface area (Å²) >= 11 is 0. The minimum atomic E-state index is -0.0804. The topological polar surface area (TPSA) is 49.9 Å². The molecule has 0 saturated carbocycles. The third kappa shape index (κ3) is 3.62. The van der Waals surface area contributed by atoms with E-state index in [2.05, 4.69) is 6.58 Å². The fourth-order valence-electron chi connectivity index (χ4n) is 2.30. The molecule has 0 aliphatic carbocycles. The summed E-state index contributed by atoms with van der Waals surface area (Å²) < 4.78 is 5.36. The zero-order valence-electron chi connectivity index (χ0n) is 12.2. The molecule has 1 heterocycles. The first-order valence-corrected chi connectivity index (χ1v) is 7.09. The van der Waals surface area contributed by atoms with Gasteiger partial charge in [-0.2, -0.15) is 0 Å². The van der Waals surface area contributed by atoms with Crippen LogP contribution >= 0.6 is 0 Å². The van der Waals surface area contributed by atoms with Gasteiger partial charge in [0.2, 0.25) is 5.91 Å². The van der Waals surface area contributed by atoms with Gasteiger partial charge in [-0.25, -0.2) is 0 Å². The molecule has 0 N–H and O–H groups in total. The monoisotopic (exact) mass is 288 g/mol. The van der Waals surface area contributed by atoms with Crippen molar-refractivity contribution in [2.75, 3.05) is 32.8 Å². The number of rotatable bonds is 4. The number of hydrogen-bond donors (Lipinski definition) is 0. The van der Waals surface area contributed by atoms with Crippen LogP contribution in [0.2, 0.25) is 0 Å². The molecule has 1 saturated heterocycles. The average molecular weight is 288 g/mol. The van der Waals surface area contributed by atoms with E-state index in [1.165, 1.54) is 6.08 Å². The number of ether oxygens (including phenoxy) is 1. The van der Waals surface area contributed by atoms with Crippen molar-refractivity contribution in [3.63, 3.8) is 0 Å². The maximum Gasteiger partial charge on any atom is 0.253 e. The third-order valence-electron chi connectivity index (χ3n) is 3.47. The largest absolute Gasteiger partial charge is 0.494 e. The van der Waals surface area contributed by atoms with Gasteiger partial charge in [-0.05, 0) is 37.3 Å². The van der Waals surface area contributed by atoms with Gasteiger partial charge in [0.05, 0.1) is 6.61 Å². The van der Waals surface area contributed by atoms with Crippen LogP contribution in [-0.2, 0) is 4.79 Å². The molecule has 2 rings (SSSR count). The van der Waals surface area contributed by atoms with Crippen LogP contribution in [0.25, 0.3) is 0 Å². The van der Waals surface area contributed by atoms with Crippen LogP contribution in [0.3, 0.4) is 0 Å². The van der Waals surface area contributed by atoms with Crippen molar-refractivity contribution in [3.05, 3.63) is 42.5 Å². The Kier molecular flexibility index (Phi) is 4.98. The van der Waals surface area contributed by atoms with Gasteiger partial charge in [0, 0.05) is 31.7 Å². The Labute approximate surface area is 124 Å². The molecule has 1 aliphatic heterocycles. The number of carbonyl (C=O) groups excluding carboxylic acids is 2. The molecule has 1 aliphatic rings. The molecular formula is C16H20N2O3. The van der Waals surface area contributed by atoms with Crippen LogP contribution in [0.15, 0.2) is 36.9 Å². The van der Waals surface area contributed by atoms with E-state index in [4.69, 9.17) is 4.74 Å². The fraction of sp³-hybridized carbons (Fsp3) is 0.375. The van der Waals surface area contributed by atoms with Crippen LogP contribution in [0.5, 0.6) is 5.75 Å². The molecule has 5 heteroatoms. The second-order valence-corrected chi connectivity index (χ2v) is 4.78. The molecule has 1 aromatic rings. The Hall–Kier alpha value is -2.30. The summed E-state index contributed by atoms with van der Waals surface area (Å²) in [7, 11) is 0. The number of nitrogens with zero attached hydrogens (tertiary/aromatic N) is 2. The van der Waals surface area contributed by atoms with Crippen molar-refractivity contribution in [2.24, 2.45) is 0 Å². The molecular weight excluding hydrogens is 268 g/mol. The lowest BCUT2D eigenvalue weighted by Crippen LogP contribution is -2.50. The molecule has 112 valence electrons. The van der Waals surface area contributed by atoms with Crippen molar-refractivity contribution in [3.8, 4) is 5.75 Å². The van der Waals surface area contributed by atoms with Gasteiger partial charge in [-0.15, -0.1) is 0 Å². The SMILES string of the molecule is C=CC(=O)N1CCN(C(=O)c2ccc(OCC)cc2)CC1. The summed E-state index contributed by atoms with van der Waals surface area (Å²) in [5, 5.41) is 0. The summed E-state index contributed by atoms with van der Waals surface area (Å²) in [6.45, 7) is 8.19. The summed E-state index contributed by atoms with van der Waals surface area (Å²) in [5.74, 6) is 0.669. The molecule has 0 unspecified atom stereocenters. The van der Waals surface area contributed by atoms with Gasteiger partial charge >= 0.3 is 0 Å². The predicted octanol–water partition coefficient (Wildman–Crippen LogP) is 1.56. The lowest BCUT2D eigenvalue weighted by molar-refractivity contribution is -0.127. The van der Waals surface area contributed by atoms with E-state index < -0.39 is 0 Å². The van der Waals surface area contributed by atoms with Gasteiger partial charge in [0.1, 0.15) is 5.75 Å². The van der Waals surface area contributed by atoms with Gasteiger partial charge in [0.15, 0.2) is 0 Å². The van der Waals surface area contributed by atoms with Crippen LogP contribution in [0.4, 0.5) is 0 Å². The Morgan fingerprint density at radius 3 is 2.24 bits per heavy atom. The van der Waals surface area contributed by atoms with Crippen molar-refractivity contribution >= 4 is 11.8 Å². The smallest absolute Gasteiger partial charge is 0.253 e. The molecule has 0 spiro atoms. The molecule has 2 amide bonds. The van der Waals surface area contributed by atoms with Crippen molar-refractivity contribution in [2.45, 2.75) is 6.92 Å². The molecule has 21 heavy (non-hydrogen) atoms. The first kappa shape index (κ1) is 15.1. The highest BCUT2D eigenvalue weighted by molar-refractivity contribution is 5.94. The van der Waals surface area contributed by atoms with Crippen LogP contribution in [0, 0.1) is 0 Å². The minimum Gasteiger partial charge on any atom is -0.494 e. The first-order chi connectivity index (χ1) is 10.2. The van der Waals surface area contributed by atoms with E-state index >= 15 is 0 Å². The fourth-order valence-corrected chi connectivity index (χ4v) is 2.30. The second kappa shape index (κ2) is 6.92. The van der Waals surface area contributed by atoms with Crippen molar-refractivity contribution in [1.82, 2.24) is 9.80 Å². The lowest BCUT2D eigenvalue weighted by Gasteiger charge is -2.34.